The third kappa shape index (κ3) is 5.15. The average Bonchev–Trinajstić information content (AvgIpc) is 3.30. The molecule has 5 rings (SSSR count). The quantitative estimate of drug-likeness (QED) is 0.562. The second kappa shape index (κ2) is 10.7. The second-order valence-corrected chi connectivity index (χ2v) is 9.66. The lowest BCUT2D eigenvalue weighted by molar-refractivity contribution is -0.128. The Morgan fingerprint density at radius 2 is 1.74 bits per heavy atom. The number of carbonyl (C=O) groups excluding carboxylic acids is 3. The first-order chi connectivity index (χ1) is 18.4. The number of amides is 3. The number of nitrogens with one attached hydrogen (secondary N) is 1. The number of piperidine rings is 1. The summed E-state index contributed by atoms with van der Waals surface area (Å²) in [7, 11) is 0. The molecule has 2 fully saturated rings. The van der Waals surface area contributed by atoms with Gasteiger partial charge in [0.1, 0.15) is 17.6 Å². The standard InChI is InChI=1S/C29H29FN4O4/c1-20-6-4-7-21(16-20)28(37)34-25(26(35)32-18-24-10-2-3-13-31-24)19-38-29(34)11-14-33(15-12-29)27(36)22-8-5-9-23(30)17-22/h2-10,13,16-17,25H,11-12,14-15,18-19H2,1H3,(H,32,35). The van der Waals surface area contributed by atoms with Crippen molar-refractivity contribution in [1.82, 2.24) is 20.1 Å². The molecule has 0 radical (unpaired) electrons. The first kappa shape index (κ1) is 25.5. The summed E-state index contributed by atoms with van der Waals surface area (Å²) in [6.07, 6.45) is 2.31. The zero-order valence-corrected chi connectivity index (χ0v) is 21.1. The van der Waals surface area contributed by atoms with Crippen molar-refractivity contribution in [3.05, 3.63) is 101 Å². The van der Waals surface area contributed by atoms with Crippen molar-refractivity contribution in [2.24, 2.45) is 0 Å². The molecular weight excluding hydrogens is 487 g/mol. The van der Waals surface area contributed by atoms with Crippen LogP contribution >= 0.6 is 0 Å². The number of aromatic nitrogens is 1. The van der Waals surface area contributed by atoms with E-state index in [2.05, 4.69) is 10.3 Å². The summed E-state index contributed by atoms with van der Waals surface area (Å²) >= 11 is 0. The molecule has 9 heteroatoms. The summed E-state index contributed by atoms with van der Waals surface area (Å²) in [6, 6.07) is 17.4. The van der Waals surface area contributed by atoms with Gasteiger partial charge in [-0.1, -0.05) is 29.8 Å². The Bertz CT molecular complexity index is 1340. The monoisotopic (exact) mass is 516 g/mol. The number of benzene rings is 2. The van der Waals surface area contributed by atoms with E-state index in [0.717, 1.165) is 5.56 Å². The number of ether oxygens (including phenoxy) is 1. The van der Waals surface area contributed by atoms with Crippen LogP contribution in [-0.2, 0) is 16.1 Å². The van der Waals surface area contributed by atoms with Crippen LogP contribution in [0.3, 0.4) is 0 Å². The summed E-state index contributed by atoms with van der Waals surface area (Å²) in [4.78, 5) is 47.6. The maximum atomic E-state index is 13.9. The molecule has 2 aliphatic rings. The van der Waals surface area contributed by atoms with Crippen LogP contribution in [0.15, 0.2) is 72.9 Å². The molecule has 8 nitrogen and oxygen atoms in total. The predicted octanol–water partition coefficient (Wildman–Crippen LogP) is 3.32. The lowest BCUT2D eigenvalue weighted by atomic mass is 9.95. The molecule has 2 saturated heterocycles. The normalized spacial score (nSPS) is 18.4. The van der Waals surface area contributed by atoms with Crippen LogP contribution in [0.2, 0.25) is 0 Å². The lowest BCUT2D eigenvalue weighted by Gasteiger charge is -2.44. The van der Waals surface area contributed by atoms with Gasteiger partial charge in [-0.05, 0) is 49.4 Å². The van der Waals surface area contributed by atoms with E-state index in [1.807, 2.05) is 31.2 Å². The van der Waals surface area contributed by atoms with Gasteiger partial charge in [0, 0.05) is 43.3 Å². The third-order valence-corrected chi connectivity index (χ3v) is 7.12. The highest BCUT2D eigenvalue weighted by molar-refractivity contribution is 5.99. The molecule has 38 heavy (non-hydrogen) atoms. The number of hydrogen-bond acceptors (Lipinski definition) is 5. The van der Waals surface area contributed by atoms with Crippen molar-refractivity contribution in [2.45, 2.75) is 38.1 Å². The number of nitrogens with zero attached hydrogens (tertiary/aromatic N) is 3. The SMILES string of the molecule is Cc1cccc(C(=O)N2C(C(=O)NCc3ccccn3)COC23CCN(C(=O)c2cccc(F)c2)CC3)c1. The fraction of sp³-hybridized carbons (Fsp3) is 0.310. The minimum Gasteiger partial charge on any atom is -0.353 e. The molecule has 3 amide bonds. The minimum absolute atomic E-state index is 0.0451. The zero-order chi connectivity index (χ0) is 26.7. The summed E-state index contributed by atoms with van der Waals surface area (Å²) in [5.74, 6) is -1.38. The molecule has 2 aliphatic heterocycles. The summed E-state index contributed by atoms with van der Waals surface area (Å²) in [5.41, 5.74) is 1.34. The second-order valence-electron chi connectivity index (χ2n) is 9.66. The Kier molecular flexibility index (Phi) is 7.20. The van der Waals surface area contributed by atoms with Gasteiger partial charge in [-0.2, -0.15) is 0 Å². The Morgan fingerprint density at radius 3 is 2.42 bits per heavy atom. The molecule has 0 aliphatic carbocycles. The van der Waals surface area contributed by atoms with Crippen molar-refractivity contribution >= 4 is 17.7 Å². The summed E-state index contributed by atoms with van der Waals surface area (Å²) < 4.78 is 19.9. The van der Waals surface area contributed by atoms with Gasteiger partial charge in [0.25, 0.3) is 11.8 Å². The van der Waals surface area contributed by atoms with Gasteiger partial charge in [-0.15, -0.1) is 0 Å². The van der Waals surface area contributed by atoms with E-state index >= 15 is 0 Å². The lowest BCUT2D eigenvalue weighted by Crippen LogP contribution is -2.59. The van der Waals surface area contributed by atoms with Crippen LogP contribution < -0.4 is 5.32 Å². The van der Waals surface area contributed by atoms with Crippen molar-refractivity contribution in [2.75, 3.05) is 19.7 Å². The van der Waals surface area contributed by atoms with Crippen molar-refractivity contribution in [3.63, 3.8) is 0 Å². The first-order valence-electron chi connectivity index (χ1n) is 12.6. The van der Waals surface area contributed by atoms with Gasteiger partial charge >= 0.3 is 0 Å². The zero-order valence-electron chi connectivity index (χ0n) is 21.1. The highest BCUT2D eigenvalue weighted by atomic mass is 19.1. The molecule has 196 valence electrons. The molecule has 1 atom stereocenters. The predicted molar refractivity (Wildman–Crippen MR) is 137 cm³/mol. The van der Waals surface area contributed by atoms with E-state index in [1.54, 1.807) is 40.3 Å². The molecule has 1 aromatic heterocycles. The summed E-state index contributed by atoms with van der Waals surface area (Å²) in [5, 5.41) is 2.89. The largest absolute Gasteiger partial charge is 0.353 e. The molecule has 0 saturated carbocycles. The average molecular weight is 517 g/mol. The topological polar surface area (TPSA) is 91.8 Å². The van der Waals surface area contributed by atoms with Gasteiger partial charge in [-0.3, -0.25) is 24.3 Å². The van der Waals surface area contributed by atoms with Gasteiger partial charge < -0.3 is 15.0 Å². The number of pyridine rings is 1. The van der Waals surface area contributed by atoms with E-state index < -0.39 is 17.6 Å². The Hall–Kier alpha value is -4.11. The van der Waals surface area contributed by atoms with Gasteiger partial charge in [0.15, 0.2) is 0 Å². The molecule has 1 N–H and O–H groups in total. The van der Waals surface area contributed by atoms with E-state index in [9.17, 15) is 18.8 Å². The smallest absolute Gasteiger partial charge is 0.256 e. The number of aryl methyl sites for hydroxylation is 1. The fourth-order valence-corrected chi connectivity index (χ4v) is 5.15. The van der Waals surface area contributed by atoms with Crippen molar-refractivity contribution in [1.29, 1.82) is 0 Å². The van der Waals surface area contributed by atoms with Gasteiger partial charge in [0.2, 0.25) is 5.91 Å². The summed E-state index contributed by atoms with van der Waals surface area (Å²) in [6.45, 7) is 2.78. The molecule has 3 aromatic rings. The Morgan fingerprint density at radius 1 is 1.00 bits per heavy atom. The Labute approximate surface area is 220 Å². The number of hydrogen-bond donors (Lipinski definition) is 1. The molecule has 1 unspecified atom stereocenters. The maximum absolute atomic E-state index is 13.9. The number of halogens is 1. The number of likely N-dealkylation sites (tertiary alicyclic amines) is 1. The highest BCUT2D eigenvalue weighted by Crippen LogP contribution is 2.39. The third-order valence-electron chi connectivity index (χ3n) is 7.12. The van der Waals surface area contributed by atoms with E-state index in [4.69, 9.17) is 4.74 Å². The van der Waals surface area contributed by atoms with E-state index in [1.165, 1.54) is 18.2 Å². The first-order valence-corrected chi connectivity index (χ1v) is 12.6. The molecule has 0 bridgehead atoms. The number of carbonyl (C=O) groups is 3. The van der Waals surface area contributed by atoms with Crippen LogP contribution in [0.1, 0.15) is 44.8 Å². The molecule has 1 spiro atoms. The minimum atomic E-state index is -1.04. The number of rotatable bonds is 5. The van der Waals surface area contributed by atoms with Crippen LogP contribution in [0.25, 0.3) is 0 Å². The van der Waals surface area contributed by atoms with E-state index in [0.29, 0.717) is 37.2 Å². The van der Waals surface area contributed by atoms with Crippen LogP contribution in [-0.4, -0.2) is 64.0 Å². The van der Waals surface area contributed by atoms with E-state index in [-0.39, 0.29) is 36.4 Å². The highest BCUT2D eigenvalue weighted by Gasteiger charge is 2.54. The van der Waals surface area contributed by atoms with Crippen LogP contribution in [0, 0.1) is 12.7 Å². The van der Waals surface area contributed by atoms with Gasteiger partial charge in [-0.25, -0.2) is 4.39 Å². The maximum Gasteiger partial charge on any atom is 0.256 e. The molecule has 3 heterocycles. The molecular formula is C29H29FN4O4. The van der Waals surface area contributed by atoms with Crippen LogP contribution in [0.5, 0.6) is 0 Å². The molecule has 2 aromatic carbocycles. The fourth-order valence-electron chi connectivity index (χ4n) is 5.15. The van der Waals surface area contributed by atoms with Crippen molar-refractivity contribution < 1.29 is 23.5 Å². The Balaban J connectivity index is 1.37. The van der Waals surface area contributed by atoms with Crippen molar-refractivity contribution in [3.8, 4) is 0 Å². The van der Waals surface area contributed by atoms with Gasteiger partial charge in [0.05, 0.1) is 18.8 Å². The van der Waals surface area contributed by atoms with Crippen LogP contribution in [0.4, 0.5) is 4.39 Å².